The number of thiazole rings is 1. The Balaban J connectivity index is 1.43. The second-order valence-corrected chi connectivity index (χ2v) is 9.40. The maximum Gasteiger partial charge on any atom is 0.259 e. The molecule has 0 aliphatic carbocycles. The summed E-state index contributed by atoms with van der Waals surface area (Å²) < 4.78 is 0. The monoisotopic (exact) mass is 452 g/mol. The second kappa shape index (κ2) is 8.44. The number of fused-ring (bicyclic) bond motifs is 1. The fraction of sp³-hybridized carbons (Fsp3) is 0.182. The van der Waals surface area contributed by atoms with Gasteiger partial charge in [0, 0.05) is 33.5 Å². The van der Waals surface area contributed by atoms with E-state index in [0.29, 0.717) is 22.9 Å². The van der Waals surface area contributed by atoms with Crippen LogP contribution in [-0.4, -0.2) is 34.2 Å². The zero-order valence-electron chi connectivity index (χ0n) is 17.0. The highest BCUT2D eigenvalue weighted by molar-refractivity contribution is 7.18. The first-order chi connectivity index (χ1) is 14.8. The molecule has 9 heteroatoms. The second-order valence-electron chi connectivity index (χ2n) is 7.03. The van der Waals surface area contributed by atoms with E-state index in [4.69, 9.17) is 0 Å². The average Bonchev–Trinajstić information content (AvgIpc) is 3.40. The van der Waals surface area contributed by atoms with Gasteiger partial charge < -0.3 is 10.6 Å². The van der Waals surface area contributed by atoms with Crippen molar-refractivity contribution in [3.63, 3.8) is 0 Å². The number of aryl methyl sites for hydroxylation is 1. The Morgan fingerprint density at radius 3 is 2.58 bits per heavy atom. The summed E-state index contributed by atoms with van der Waals surface area (Å²) in [4.78, 5) is 45.2. The maximum atomic E-state index is 12.6. The lowest BCUT2D eigenvalue weighted by Crippen LogP contribution is -2.32. The molecule has 1 aromatic carbocycles. The average molecular weight is 453 g/mol. The highest BCUT2D eigenvalue weighted by atomic mass is 32.1. The van der Waals surface area contributed by atoms with Gasteiger partial charge in [-0.2, -0.15) is 0 Å². The van der Waals surface area contributed by atoms with Crippen LogP contribution in [0.25, 0.3) is 16.3 Å². The lowest BCUT2D eigenvalue weighted by Gasteiger charge is -2.16. The van der Waals surface area contributed by atoms with Crippen LogP contribution in [0.15, 0.2) is 43.0 Å². The number of carbonyl (C=O) groups excluding carboxylic acids is 3. The molecule has 3 amide bonds. The standard InChI is InChI=1S/C22H20N4O3S2/c1-12-16-6-4-5-7-17(16)21(29)26(12)11-19(28)24-22-25-20(13(2)30-22)18-9-8-15(31-18)10-23-14(3)27/h4-9H,1,10-11H2,2-3H3,(H,23,27)(H,24,25,28). The molecule has 1 aliphatic rings. The van der Waals surface area contributed by atoms with Gasteiger partial charge in [0.25, 0.3) is 5.91 Å². The number of hydrogen-bond donors (Lipinski definition) is 2. The number of thiophene rings is 1. The molecule has 4 rings (SSSR count). The molecule has 158 valence electrons. The van der Waals surface area contributed by atoms with E-state index in [0.717, 1.165) is 25.9 Å². The molecule has 0 radical (unpaired) electrons. The van der Waals surface area contributed by atoms with Crippen molar-refractivity contribution in [3.8, 4) is 10.6 Å². The van der Waals surface area contributed by atoms with E-state index in [9.17, 15) is 14.4 Å². The number of benzene rings is 1. The molecule has 0 unspecified atom stereocenters. The van der Waals surface area contributed by atoms with Crippen LogP contribution >= 0.6 is 22.7 Å². The number of rotatable bonds is 6. The molecule has 3 aromatic rings. The molecule has 2 N–H and O–H groups in total. The minimum atomic E-state index is -0.333. The van der Waals surface area contributed by atoms with Gasteiger partial charge in [-0.3, -0.25) is 19.3 Å². The molecule has 2 aromatic heterocycles. The van der Waals surface area contributed by atoms with Crippen molar-refractivity contribution in [3.05, 3.63) is 63.9 Å². The molecule has 0 atom stereocenters. The summed E-state index contributed by atoms with van der Waals surface area (Å²) in [5, 5.41) is 6.05. The molecule has 7 nitrogen and oxygen atoms in total. The largest absolute Gasteiger partial charge is 0.351 e. The predicted molar refractivity (Wildman–Crippen MR) is 123 cm³/mol. The van der Waals surface area contributed by atoms with E-state index in [-0.39, 0.29) is 24.3 Å². The topological polar surface area (TPSA) is 91.4 Å². The van der Waals surface area contributed by atoms with Crippen LogP contribution in [0.2, 0.25) is 0 Å². The Morgan fingerprint density at radius 2 is 1.87 bits per heavy atom. The Labute approximate surface area is 187 Å². The van der Waals surface area contributed by atoms with Gasteiger partial charge in [0.15, 0.2) is 5.13 Å². The number of aromatic nitrogens is 1. The normalized spacial score (nSPS) is 12.8. The van der Waals surface area contributed by atoms with Gasteiger partial charge in [0.2, 0.25) is 11.8 Å². The fourth-order valence-corrected chi connectivity index (χ4v) is 5.20. The highest BCUT2D eigenvalue weighted by Crippen LogP contribution is 2.35. The Morgan fingerprint density at radius 1 is 1.13 bits per heavy atom. The smallest absolute Gasteiger partial charge is 0.259 e. The minimum absolute atomic E-state index is 0.0768. The SMILES string of the molecule is C=C1c2ccccc2C(=O)N1CC(=O)Nc1nc(-c2ccc(CNC(C)=O)s2)c(C)s1. The van der Waals surface area contributed by atoms with E-state index in [2.05, 4.69) is 22.2 Å². The van der Waals surface area contributed by atoms with Crippen LogP contribution in [-0.2, 0) is 16.1 Å². The third kappa shape index (κ3) is 4.28. The van der Waals surface area contributed by atoms with Gasteiger partial charge in [-0.1, -0.05) is 24.8 Å². The third-order valence-corrected chi connectivity index (χ3v) is 6.77. The number of anilines is 1. The lowest BCUT2D eigenvalue weighted by atomic mass is 10.1. The molecular weight excluding hydrogens is 432 g/mol. The van der Waals surface area contributed by atoms with Gasteiger partial charge in [0.05, 0.1) is 17.1 Å². The molecule has 0 saturated carbocycles. The maximum absolute atomic E-state index is 12.6. The van der Waals surface area contributed by atoms with Crippen molar-refractivity contribution < 1.29 is 14.4 Å². The number of amides is 3. The van der Waals surface area contributed by atoms with E-state index in [1.807, 2.05) is 31.2 Å². The van der Waals surface area contributed by atoms with Crippen LogP contribution in [0, 0.1) is 6.92 Å². The summed E-state index contributed by atoms with van der Waals surface area (Å²) in [6, 6.07) is 11.1. The Kier molecular flexibility index (Phi) is 5.71. The van der Waals surface area contributed by atoms with Crippen LogP contribution in [0.4, 0.5) is 5.13 Å². The zero-order chi connectivity index (χ0) is 22.1. The third-order valence-electron chi connectivity index (χ3n) is 4.79. The molecule has 1 aliphatic heterocycles. The van der Waals surface area contributed by atoms with Gasteiger partial charge in [-0.25, -0.2) is 4.98 Å². The predicted octanol–water partition coefficient (Wildman–Crippen LogP) is 3.88. The van der Waals surface area contributed by atoms with Crippen molar-refractivity contribution in [2.24, 2.45) is 0 Å². The van der Waals surface area contributed by atoms with Crippen molar-refractivity contribution in [1.82, 2.24) is 15.2 Å². The summed E-state index contributed by atoms with van der Waals surface area (Å²) in [5.74, 6) is -0.635. The van der Waals surface area contributed by atoms with Gasteiger partial charge in [0.1, 0.15) is 6.54 Å². The van der Waals surface area contributed by atoms with Crippen LogP contribution in [0.5, 0.6) is 0 Å². The van der Waals surface area contributed by atoms with Crippen LogP contribution < -0.4 is 10.6 Å². The van der Waals surface area contributed by atoms with Gasteiger partial charge >= 0.3 is 0 Å². The molecule has 0 fully saturated rings. The van der Waals surface area contributed by atoms with E-state index < -0.39 is 0 Å². The highest BCUT2D eigenvalue weighted by Gasteiger charge is 2.32. The molecule has 0 spiro atoms. The summed E-state index contributed by atoms with van der Waals surface area (Å²) >= 11 is 2.93. The Hall–Kier alpha value is -3.30. The van der Waals surface area contributed by atoms with Crippen molar-refractivity contribution in [2.75, 3.05) is 11.9 Å². The van der Waals surface area contributed by atoms with E-state index >= 15 is 0 Å². The summed E-state index contributed by atoms with van der Waals surface area (Å²) in [7, 11) is 0. The number of nitrogens with zero attached hydrogens (tertiary/aromatic N) is 2. The summed E-state index contributed by atoms with van der Waals surface area (Å²) in [6.07, 6.45) is 0. The summed E-state index contributed by atoms with van der Waals surface area (Å²) in [5.41, 5.74) is 2.63. The van der Waals surface area contributed by atoms with Gasteiger partial charge in [-0.15, -0.1) is 22.7 Å². The first-order valence-corrected chi connectivity index (χ1v) is 11.2. The van der Waals surface area contributed by atoms with Crippen molar-refractivity contribution in [1.29, 1.82) is 0 Å². The molecule has 0 bridgehead atoms. The van der Waals surface area contributed by atoms with Crippen molar-refractivity contribution in [2.45, 2.75) is 20.4 Å². The molecule has 31 heavy (non-hydrogen) atoms. The molecule has 0 saturated heterocycles. The number of nitrogens with one attached hydrogen (secondary N) is 2. The number of hydrogen-bond acceptors (Lipinski definition) is 6. The summed E-state index contributed by atoms with van der Waals surface area (Å²) in [6.45, 7) is 7.74. The molecular formula is C22H20N4O3S2. The quantitative estimate of drug-likeness (QED) is 0.594. The lowest BCUT2D eigenvalue weighted by molar-refractivity contribution is -0.119. The first-order valence-electron chi connectivity index (χ1n) is 9.54. The van der Waals surface area contributed by atoms with Crippen molar-refractivity contribution >= 4 is 51.2 Å². The molecule has 3 heterocycles. The fourth-order valence-electron chi connectivity index (χ4n) is 3.29. The Bertz CT molecular complexity index is 1180. The van der Waals surface area contributed by atoms with E-state index in [1.54, 1.807) is 23.5 Å². The van der Waals surface area contributed by atoms with Crippen LogP contribution in [0.3, 0.4) is 0 Å². The van der Waals surface area contributed by atoms with E-state index in [1.165, 1.54) is 23.2 Å². The minimum Gasteiger partial charge on any atom is -0.351 e. The number of carbonyl (C=O) groups is 3. The first kappa shape index (κ1) is 21.0. The van der Waals surface area contributed by atoms with Gasteiger partial charge in [-0.05, 0) is 25.1 Å². The zero-order valence-corrected chi connectivity index (χ0v) is 18.7. The van der Waals surface area contributed by atoms with Crippen LogP contribution in [0.1, 0.15) is 32.6 Å².